The van der Waals surface area contributed by atoms with Crippen molar-refractivity contribution in [2.45, 2.75) is 13.5 Å². The third-order valence-corrected chi connectivity index (χ3v) is 4.78. The van der Waals surface area contributed by atoms with E-state index in [0.717, 1.165) is 38.5 Å². The zero-order chi connectivity index (χ0) is 14.9. The van der Waals surface area contributed by atoms with Crippen molar-refractivity contribution >= 4 is 27.4 Å². The minimum atomic E-state index is 0.697. The Morgan fingerprint density at radius 1 is 1.18 bits per heavy atom. The first-order chi connectivity index (χ1) is 10.8. The summed E-state index contributed by atoms with van der Waals surface area (Å²) in [6.07, 6.45) is 0. The summed E-state index contributed by atoms with van der Waals surface area (Å²) < 4.78 is 11.1. The van der Waals surface area contributed by atoms with Crippen LogP contribution in [0.5, 0.6) is 0 Å². The standard InChI is InChI=1S/C15H17N5OS/c1-11-16-14(21-17-11)10-19-6-8-20(9-7-19)15-12-4-2-3-5-13(12)22-18-15/h2-5H,6-10H2,1H3. The van der Waals surface area contributed by atoms with Gasteiger partial charge in [-0.3, -0.25) is 4.90 Å². The molecule has 3 heterocycles. The highest BCUT2D eigenvalue weighted by molar-refractivity contribution is 7.13. The van der Waals surface area contributed by atoms with Crippen LogP contribution in [0.25, 0.3) is 10.1 Å². The lowest BCUT2D eigenvalue weighted by atomic mass is 10.2. The molecule has 0 saturated carbocycles. The minimum absolute atomic E-state index is 0.697. The van der Waals surface area contributed by atoms with Crippen molar-refractivity contribution in [2.75, 3.05) is 31.1 Å². The van der Waals surface area contributed by atoms with E-state index in [1.165, 1.54) is 10.1 Å². The maximum absolute atomic E-state index is 5.20. The first-order valence-electron chi connectivity index (χ1n) is 7.40. The third kappa shape index (κ3) is 2.57. The summed E-state index contributed by atoms with van der Waals surface area (Å²) >= 11 is 1.58. The van der Waals surface area contributed by atoms with Crippen LogP contribution in [0.1, 0.15) is 11.7 Å². The topological polar surface area (TPSA) is 58.3 Å². The normalized spacial score (nSPS) is 16.5. The molecule has 2 aromatic heterocycles. The van der Waals surface area contributed by atoms with E-state index >= 15 is 0 Å². The number of nitrogens with zero attached hydrogens (tertiary/aromatic N) is 5. The number of piperazine rings is 1. The second kappa shape index (κ2) is 5.66. The van der Waals surface area contributed by atoms with Gasteiger partial charge in [-0.15, -0.1) is 0 Å². The van der Waals surface area contributed by atoms with E-state index in [4.69, 9.17) is 4.52 Å². The summed E-state index contributed by atoms with van der Waals surface area (Å²) in [5.74, 6) is 2.52. The molecule has 0 bridgehead atoms. The Labute approximate surface area is 132 Å². The van der Waals surface area contributed by atoms with Crippen molar-refractivity contribution < 1.29 is 4.52 Å². The predicted octanol–water partition coefficient (Wildman–Crippen LogP) is 2.31. The zero-order valence-electron chi connectivity index (χ0n) is 12.4. The maximum Gasteiger partial charge on any atom is 0.240 e. The lowest BCUT2D eigenvalue weighted by Crippen LogP contribution is -2.46. The molecule has 0 radical (unpaired) electrons. The molecule has 22 heavy (non-hydrogen) atoms. The summed E-state index contributed by atoms with van der Waals surface area (Å²) in [5, 5.41) is 5.10. The van der Waals surface area contributed by atoms with Gasteiger partial charge in [0.1, 0.15) is 5.82 Å². The van der Waals surface area contributed by atoms with E-state index in [9.17, 15) is 0 Å². The Morgan fingerprint density at radius 3 is 2.77 bits per heavy atom. The van der Waals surface area contributed by atoms with Gasteiger partial charge in [-0.05, 0) is 30.6 Å². The van der Waals surface area contributed by atoms with Gasteiger partial charge in [0.15, 0.2) is 5.82 Å². The number of anilines is 1. The highest BCUT2D eigenvalue weighted by Gasteiger charge is 2.21. The second-order valence-corrected chi connectivity index (χ2v) is 6.31. The Balaban J connectivity index is 1.43. The summed E-state index contributed by atoms with van der Waals surface area (Å²) in [6, 6.07) is 8.43. The molecule has 7 heteroatoms. The summed E-state index contributed by atoms with van der Waals surface area (Å²) in [4.78, 5) is 8.99. The van der Waals surface area contributed by atoms with E-state index in [-0.39, 0.29) is 0 Å². The van der Waals surface area contributed by atoms with E-state index in [1.807, 2.05) is 6.92 Å². The van der Waals surface area contributed by atoms with Gasteiger partial charge in [0, 0.05) is 31.6 Å². The van der Waals surface area contributed by atoms with Crippen LogP contribution in [0.4, 0.5) is 5.82 Å². The molecule has 1 aliphatic heterocycles. The van der Waals surface area contributed by atoms with Crippen LogP contribution < -0.4 is 4.90 Å². The van der Waals surface area contributed by atoms with Gasteiger partial charge in [0.25, 0.3) is 0 Å². The molecule has 1 saturated heterocycles. The molecule has 0 N–H and O–H groups in total. The fourth-order valence-electron chi connectivity index (χ4n) is 2.81. The Morgan fingerprint density at radius 2 is 2.00 bits per heavy atom. The zero-order valence-corrected chi connectivity index (χ0v) is 13.2. The molecule has 0 amide bonds. The van der Waals surface area contributed by atoms with Crippen molar-refractivity contribution in [2.24, 2.45) is 0 Å². The number of aryl methyl sites for hydroxylation is 1. The maximum atomic E-state index is 5.20. The van der Waals surface area contributed by atoms with E-state index in [2.05, 4.69) is 48.6 Å². The monoisotopic (exact) mass is 315 g/mol. The molecule has 114 valence electrons. The molecule has 4 rings (SSSR count). The summed E-state index contributed by atoms with van der Waals surface area (Å²) in [5.41, 5.74) is 0. The van der Waals surface area contributed by atoms with Crippen LogP contribution in [0.15, 0.2) is 28.8 Å². The predicted molar refractivity (Wildman–Crippen MR) is 86.1 cm³/mol. The van der Waals surface area contributed by atoms with Gasteiger partial charge in [0.2, 0.25) is 5.89 Å². The molecule has 6 nitrogen and oxygen atoms in total. The average Bonchev–Trinajstić information content (AvgIpc) is 3.14. The van der Waals surface area contributed by atoms with Crippen LogP contribution in [-0.4, -0.2) is 45.6 Å². The summed E-state index contributed by atoms with van der Waals surface area (Å²) in [6.45, 7) is 6.48. The van der Waals surface area contributed by atoms with Crippen LogP contribution in [0, 0.1) is 6.92 Å². The third-order valence-electron chi connectivity index (χ3n) is 3.96. The number of hydrogen-bond donors (Lipinski definition) is 0. The number of benzene rings is 1. The first kappa shape index (κ1) is 13.7. The highest BCUT2D eigenvalue weighted by atomic mass is 32.1. The number of rotatable bonds is 3. The lowest BCUT2D eigenvalue weighted by molar-refractivity contribution is 0.215. The molecular weight excluding hydrogens is 298 g/mol. The largest absolute Gasteiger partial charge is 0.353 e. The van der Waals surface area contributed by atoms with E-state index in [1.54, 1.807) is 11.5 Å². The Hall–Kier alpha value is -1.99. The molecule has 0 aliphatic carbocycles. The number of aromatic nitrogens is 3. The second-order valence-electron chi connectivity index (χ2n) is 5.50. The van der Waals surface area contributed by atoms with Crippen molar-refractivity contribution in [1.29, 1.82) is 0 Å². The van der Waals surface area contributed by atoms with Gasteiger partial charge in [-0.25, -0.2) is 0 Å². The molecular formula is C15H17N5OS. The minimum Gasteiger partial charge on any atom is -0.353 e. The number of hydrogen-bond acceptors (Lipinski definition) is 7. The van der Waals surface area contributed by atoms with Gasteiger partial charge < -0.3 is 9.42 Å². The van der Waals surface area contributed by atoms with Gasteiger partial charge in [0.05, 0.1) is 11.2 Å². The van der Waals surface area contributed by atoms with E-state index < -0.39 is 0 Å². The summed E-state index contributed by atoms with van der Waals surface area (Å²) in [7, 11) is 0. The fraction of sp³-hybridized carbons (Fsp3) is 0.400. The van der Waals surface area contributed by atoms with Crippen LogP contribution >= 0.6 is 11.5 Å². The SMILES string of the molecule is Cc1noc(CN2CCN(c3nsc4ccccc34)CC2)n1. The quantitative estimate of drug-likeness (QED) is 0.739. The Bertz CT molecular complexity index is 775. The van der Waals surface area contributed by atoms with Crippen molar-refractivity contribution in [3.63, 3.8) is 0 Å². The fourth-order valence-corrected chi connectivity index (χ4v) is 3.61. The molecule has 0 atom stereocenters. The van der Waals surface area contributed by atoms with Crippen LogP contribution in [-0.2, 0) is 6.54 Å². The Kier molecular flexibility index (Phi) is 3.51. The van der Waals surface area contributed by atoms with Crippen LogP contribution in [0.3, 0.4) is 0 Å². The van der Waals surface area contributed by atoms with Crippen molar-refractivity contribution in [1.82, 2.24) is 19.4 Å². The first-order valence-corrected chi connectivity index (χ1v) is 8.18. The van der Waals surface area contributed by atoms with Crippen LogP contribution in [0.2, 0.25) is 0 Å². The number of fused-ring (bicyclic) bond motifs is 1. The average molecular weight is 315 g/mol. The molecule has 3 aromatic rings. The molecule has 1 aliphatic rings. The van der Waals surface area contributed by atoms with Gasteiger partial charge in [-0.1, -0.05) is 17.3 Å². The molecule has 0 unspecified atom stereocenters. The highest BCUT2D eigenvalue weighted by Crippen LogP contribution is 2.29. The van der Waals surface area contributed by atoms with Gasteiger partial charge >= 0.3 is 0 Å². The van der Waals surface area contributed by atoms with E-state index in [0.29, 0.717) is 11.7 Å². The smallest absolute Gasteiger partial charge is 0.240 e. The van der Waals surface area contributed by atoms with Crippen molar-refractivity contribution in [3.8, 4) is 0 Å². The van der Waals surface area contributed by atoms with Crippen molar-refractivity contribution in [3.05, 3.63) is 36.0 Å². The molecule has 0 spiro atoms. The lowest BCUT2D eigenvalue weighted by Gasteiger charge is -2.34. The molecule has 1 fully saturated rings. The van der Waals surface area contributed by atoms with Gasteiger partial charge in [-0.2, -0.15) is 9.36 Å². The molecule has 1 aromatic carbocycles.